The largest absolute Gasteiger partial charge is 0.627 e. The quantitative estimate of drug-likeness (QED) is 0.482. The number of anilines is 1. The molecule has 0 fully saturated rings. The second-order valence-corrected chi connectivity index (χ2v) is 3.78. The minimum Gasteiger partial charge on any atom is -0.627 e. The van der Waals surface area contributed by atoms with E-state index in [1.807, 2.05) is 0 Å². The third-order valence-corrected chi connectivity index (χ3v) is 2.56. The molecule has 0 aliphatic heterocycles. The van der Waals surface area contributed by atoms with Crippen molar-refractivity contribution in [2.45, 2.75) is 0 Å². The van der Waals surface area contributed by atoms with E-state index in [4.69, 9.17) is 15.2 Å². The molecule has 0 heterocycles. The Morgan fingerprint density at radius 1 is 1.47 bits per heavy atom. The van der Waals surface area contributed by atoms with Crippen LogP contribution in [0.3, 0.4) is 0 Å². The molecule has 3 N–H and O–H groups in total. The van der Waals surface area contributed by atoms with Crippen LogP contribution in [0, 0.1) is 5.21 Å². The average Bonchev–Trinajstić information content (AvgIpc) is 2.22. The number of ether oxygens (including phenoxy) is 2. The van der Waals surface area contributed by atoms with Crippen LogP contribution in [0.15, 0.2) is 16.6 Å². The maximum Gasteiger partial charge on any atom is 0.185 e. The summed E-state index contributed by atoms with van der Waals surface area (Å²) in [7, 11) is 2.98. The molecule has 0 aromatic heterocycles. The molecular weight excluding hydrogens is 264 g/mol. The number of methoxy groups -OCH3 is 2. The zero-order chi connectivity index (χ0) is 11.4. The number of hydrogen-bond acceptors (Lipinski definition) is 4. The zero-order valence-corrected chi connectivity index (χ0v) is 10.1. The van der Waals surface area contributed by atoms with Gasteiger partial charge in [-0.2, -0.15) is 0 Å². The van der Waals surface area contributed by atoms with Gasteiger partial charge in [-0.15, -0.1) is 0 Å². The Kier molecular flexibility index (Phi) is 4.34. The first-order valence-electron chi connectivity index (χ1n) is 4.25. The Hall–Kier alpha value is -0.820. The highest BCUT2D eigenvalue weighted by Gasteiger charge is 2.11. The van der Waals surface area contributed by atoms with Crippen molar-refractivity contribution in [2.75, 3.05) is 26.7 Å². The van der Waals surface area contributed by atoms with Gasteiger partial charge in [-0.05, 0) is 15.9 Å². The minimum absolute atomic E-state index is 0.0412. The summed E-state index contributed by atoms with van der Waals surface area (Å²) in [6.45, 7) is 0.0412. The molecule has 0 saturated carbocycles. The van der Waals surface area contributed by atoms with Crippen molar-refractivity contribution in [1.29, 1.82) is 0 Å². The number of benzene rings is 1. The lowest BCUT2D eigenvalue weighted by atomic mass is 10.2. The van der Waals surface area contributed by atoms with Crippen LogP contribution in [0.5, 0.6) is 5.75 Å². The van der Waals surface area contributed by atoms with Gasteiger partial charge in [0.2, 0.25) is 0 Å². The number of hydroxylamine groups is 1. The van der Waals surface area contributed by atoms with Gasteiger partial charge in [0, 0.05) is 19.2 Å². The average molecular weight is 277 g/mol. The second-order valence-electron chi connectivity index (χ2n) is 2.93. The Bertz CT molecular complexity index is 346. The molecule has 1 unspecified atom stereocenters. The van der Waals surface area contributed by atoms with Crippen LogP contribution in [-0.4, -0.2) is 21.0 Å². The monoisotopic (exact) mass is 276 g/mol. The summed E-state index contributed by atoms with van der Waals surface area (Å²) >= 11 is 3.26. The lowest BCUT2D eigenvalue weighted by Crippen LogP contribution is -3.02. The van der Waals surface area contributed by atoms with Crippen molar-refractivity contribution < 1.29 is 14.5 Å². The fraction of sp³-hybridized carbons (Fsp3) is 0.333. The van der Waals surface area contributed by atoms with Crippen molar-refractivity contribution in [3.63, 3.8) is 0 Å². The summed E-state index contributed by atoms with van der Waals surface area (Å²) < 4.78 is 10.5. The van der Waals surface area contributed by atoms with Crippen LogP contribution < -0.4 is 15.5 Å². The first-order valence-corrected chi connectivity index (χ1v) is 5.04. The van der Waals surface area contributed by atoms with Gasteiger partial charge in [0.25, 0.3) is 0 Å². The lowest BCUT2D eigenvalue weighted by molar-refractivity contribution is -0.801. The number of rotatable bonds is 4. The van der Waals surface area contributed by atoms with Gasteiger partial charge in [-0.3, -0.25) is 0 Å². The molecule has 6 heteroatoms. The van der Waals surface area contributed by atoms with E-state index >= 15 is 0 Å². The van der Waals surface area contributed by atoms with E-state index in [-0.39, 0.29) is 11.8 Å². The van der Waals surface area contributed by atoms with E-state index in [1.165, 1.54) is 14.2 Å². The summed E-state index contributed by atoms with van der Waals surface area (Å²) in [5.41, 5.74) is 6.71. The van der Waals surface area contributed by atoms with Crippen LogP contribution in [-0.2, 0) is 4.74 Å². The number of nitrogens with one attached hydrogen (secondary N) is 1. The van der Waals surface area contributed by atoms with E-state index in [0.717, 1.165) is 0 Å². The number of quaternary nitrogens is 1. The van der Waals surface area contributed by atoms with Crippen molar-refractivity contribution in [1.82, 2.24) is 0 Å². The minimum atomic E-state index is -0.114. The molecule has 15 heavy (non-hydrogen) atoms. The molecule has 0 spiro atoms. The fourth-order valence-corrected chi connectivity index (χ4v) is 1.58. The highest BCUT2D eigenvalue weighted by atomic mass is 79.9. The highest BCUT2D eigenvalue weighted by Crippen LogP contribution is 2.32. The van der Waals surface area contributed by atoms with Gasteiger partial charge in [0.05, 0.1) is 17.3 Å². The second kappa shape index (κ2) is 5.32. The Morgan fingerprint density at radius 3 is 2.67 bits per heavy atom. The predicted molar refractivity (Wildman–Crippen MR) is 61.0 cm³/mol. The van der Waals surface area contributed by atoms with E-state index < -0.39 is 0 Å². The Morgan fingerprint density at radius 2 is 2.13 bits per heavy atom. The summed E-state index contributed by atoms with van der Waals surface area (Å²) in [5.74, 6) is 0.476. The predicted octanol–water partition coefficient (Wildman–Crippen LogP) is 0.658. The summed E-state index contributed by atoms with van der Waals surface area (Å²) in [6, 6.07) is 3.25. The molecule has 0 aliphatic carbocycles. The molecule has 1 aromatic rings. The normalized spacial score (nSPS) is 12.5. The summed E-state index contributed by atoms with van der Waals surface area (Å²) in [4.78, 5) is 0. The number of halogens is 1. The summed E-state index contributed by atoms with van der Waals surface area (Å²) in [6.07, 6.45) is 0. The highest BCUT2D eigenvalue weighted by molar-refractivity contribution is 9.10. The van der Waals surface area contributed by atoms with Crippen molar-refractivity contribution in [3.05, 3.63) is 21.8 Å². The third kappa shape index (κ3) is 2.82. The maximum atomic E-state index is 11.5. The van der Waals surface area contributed by atoms with Gasteiger partial charge in [-0.1, -0.05) is 0 Å². The number of nitrogen functional groups attached to an aromatic ring is 1. The molecule has 0 aliphatic rings. The number of nitrogens with two attached hydrogens (primary N) is 1. The Labute approximate surface area is 96.5 Å². The maximum absolute atomic E-state index is 11.5. The molecule has 1 aromatic carbocycles. The smallest absolute Gasteiger partial charge is 0.185 e. The van der Waals surface area contributed by atoms with Crippen LogP contribution in [0.25, 0.3) is 0 Å². The van der Waals surface area contributed by atoms with Crippen LogP contribution in [0.1, 0.15) is 0 Å². The SMILES string of the molecule is COC[NH+]([O-])c1cc(Br)c(N)c(OC)c1. The van der Waals surface area contributed by atoms with Crippen molar-refractivity contribution in [3.8, 4) is 5.75 Å². The van der Waals surface area contributed by atoms with Crippen LogP contribution in [0.4, 0.5) is 11.4 Å². The van der Waals surface area contributed by atoms with Gasteiger partial charge in [0.1, 0.15) is 11.4 Å². The molecule has 5 nitrogen and oxygen atoms in total. The topological polar surface area (TPSA) is 72.0 Å². The first-order chi connectivity index (χ1) is 7.10. The van der Waals surface area contributed by atoms with Gasteiger partial charge in [-0.25, -0.2) is 0 Å². The van der Waals surface area contributed by atoms with E-state index in [0.29, 0.717) is 21.6 Å². The first kappa shape index (κ1) is 12.3. The zero-order valence-electron chi connectivity index (χ0n) is 8.54. The summed E-state index contributed by atoms with van der Waals surface area (Å²) in [5, 5.41) is 11.4. The lowest BCUT2D eigenvalue weighted by Gasteiger charge is -2.21. The molecule has 0 radical (unpaired) electrons. The fourth-order valence-electron chi connectivity index (χ4n) is 1.14. The molecule has 1 atom stereocenters. The van der Waals surface area contributed by atoms with E-state index in [9.17, 15) is 5.21 Å². The Balaban J connectivity index is 3.05. The molecule has 1 rings (SSSR count). The van der Waals surface area contributed by atoms with Gasteiger partial charge >= 0.3 is 0 Å². The molecule has 0 saturated heterocycles. The molecule has 0 bridgehead atoms. The molecular formula is C9H13BrN2O3. The van der Waals surface area contributed by atoms with Crippen LogP contribution >= 0.6 is 15.9 Å². The molecule has 84 valence electrons. The third-order valence-electron chi connectivity index (χ3n) is 1.91. The van der Waals surface area contributed by atoms with Crippen LogP contribution in [0.2, 0.25) is 0 Å². The number of hydrogen-bond donors (Lipinski definition) is 2. The molecule has 0 amide bonds. The van der Waals surface area contributed by atoms with Crippen molar-refractivity contribution in [2.24, 2.45) is 0 Å². The standard InChI is InChI=1S/C9H13BrN2O3/c1-14-5-12(13)6-3-7(10)9(11)8(4-6)15-2/h3-4,12H,5,11H2,1-2H3. The van der Waals surface area contributed by atoms with E-state index in [1.54, 1.807) is 12.1 Å². The van der Waals surface area contributed by atoms with Gasteiger partial charge in [0.15, 0.2) is 6.73 Å². The van der Waals surface area contributed by atoms with Crippen molar-refractivity contribution >= 4 is 27.3 Å². The van der Waals surface area contributed by atoms with Gasteiger partial charge < -0.3 is 25.5 Å². The van der Waals surface area contributed by atoms with E-state index in [2.05, 4.69) is 15.9 Å².